The molecule has 0 bridgehead atoms. The summed E-state index contributed by atoms with van der Waals surface area (Å²) < 4.78 is 0. The van der Waals surface area contributed by atoms with E-state index in [4.69, 9.17) is 0 Å². The smallest absolute Gasteiger partial charge is 0.229 e. The van der Waals surface area contributed by atoms with Gasteiger partial charge in [0.2, 0.25) is 5.91 Å². The Labute approximate surface area is 106 Å². The van der Waals surface area contributed by atoms with Gasteiger partial charge in [-0.2, -0.15) is 0 Å². The standard InChI is InChI=1S/C14H28N2O/c1-6-7-8-9-16-12(17)13(2,3)10-15-11-14(16,4)5/h15H,6-11H2,1-5H3. The Balaban J connectivity index is 2.80. The molecule has 0 spiro atoms. The zero-order valence-corrected chi connectivity index (χ0v) is 12.1. The molecule has 1 saturated heterocycles. The summed E-state index contributed by atoms with van der Waals surface area (Å²) in [5.41, 5.74) is -0.349. The minimum Gasteiger partial charge on any atom is -0.336 e. The Morgan fingerprint density at radius 3 is 2.41 bits per heavy atom. The Hall–Kier alpha value is -0.570. The van der Waals surface area contributed by atoms with Crippen LogP contribution in [-0.4, -0.2) is 36.0 Å². The van der Waals surface area contributed by atoms with Crippen LogP contribution in [0.3, 0.4) is 0 Å². The summed E-state index contributed by atoms with van der Waals surface area (Å²) in [6.07, 6.45) is 3.51. The minimum atomic E-state index is -0.278. The average molecular weight is 240 g/mol. The first kappa shape index (κ1) is 14.5. The Kier molecular flexibility index (Phi) is 4.59. The van der Waals surface area contributed by atoms with Crippen LogP contribution in [0.5, 0.6) is 0 Å². The molecular weight excluding hydrogens is 212 g/mol. The van der Waals surface area contributed by atoms with E-state index in [-0.39, 0.29) is 11.0 Å². The van der Waals surface area contributed by atoms with Crippen molar-refractivity contribution >= 4 is 5.91 Å². The van der Waals surface area contributed by atoms with E-state index in [0.29, 0.717) is 5.91 Å². The van der Waals surface area contributed by atoms with Crippen molar-refractivity contribution in [3.8, 4) is 0 Å². The van der Waals surface area contributed by atoms with Gasteiger partial charge in [0, 0.05) is 25.2 Å². The van der Waals surface area contributed by atoms with Crippen LogP contribution in [0.25, 0.3) is 0 Å². The van der Waals surface area contributed by atoms with Gasteiger partial charge in [0.05, 0.1) is 5.41 Å². The van der Waals surface area contributed by atoms with Gasteiger partial charge in [0.25, 0.3) is 0 Å². The molecule has 3 nitrogen and oxygen atoms in total. The number of rotatable bonds is 4. The predicted octanol–water partition coefficient (Wildman–Crippen LogP) is 2.41. The molecule has 0 radical (unpaired) electrons. The maximum atomic E-state index is 12.6. The number of amides is 1. The number of hydrogen-bond acceptors (Lipinski definition) is 2. The third-order valence-corrected chi connectivity index (χ3v) is 3.66. The van der Waals surface area contributed by atoms with Crippen molar-refractivity contribution in [3.63, 3.8) is 0 Å². The second-order valence-corrected chi connectivity index (χ2v) is 6.46. The maximum Gasteiger partial charge on any atom is 0.229 e. The first-order valence-electron chi connectivity index (χ1n) is 6.84. The Bertz CT molecular complexity index is 271. The molecule has 3 heteroatoms. The maximum absolute atomic E-state index is 12.6. The fourth-order valence-corrected chi connectivity index (χ4v) is 2.42. The Morgan fingerprint density at radius 2 is 1.82 bits per heavy atom. The van der Waals surface area contributed by atoms with E-state index in [2.05, 4.69) is 31.0 Å². The number of carbonyl (C=O) groups is 1. The molecule has 1 N–H and O–H groups in total. The zero-order chi connectivity index (χ0) is 13.1. The van der Waals surface area contributed by atoms with Crippen molar-refractivity contribution in [2.45, 2.75) is 59.4 Å². The van der Waals surface area contributed by atoms with Crippen LogP contribution in [0, 0.1) is 5.41 Å². The largest absolute Gasteiger partial charge is 0.336 e. The summed E-state index contributed by atoms with van der Waals surface area (Å²) >= 11 is 0. The molecule has 1 fully saturated rings. The highest BCUT2D eigenvalue weighted by Crippen LogP contribution is 2.27. The van der Waals surface area contributed by atoms with Crippen molar-refractivity contribution < 1.29 is 4.79 Å². The molecule has 1 aliphatic heterocycles. The molecule has 17 heavy (non-hydrogen) atoms. The number of unbranched alkanes of at least 4 members (excludes halogenated alkanes) is 2. The first-order chi connectivity index (χ1) is 7.81. The fraction of sp³-hybridized carbons (Fsp3) is 0.929. The van der Waals surface area contributed by atoms with Gasteiger partial charge >= 0.3 is 0 Å². The second kappa shape index (κ2) is 5.38. The molecule has 0 aromatic rings. The van der Waals surface area contributed by atoms with Crippen LogP contribution < -0.4 is 5.32 Å². The fourth-order valence-electron chi connectivity index (χ4n) is 2.42. The van der Waals surface area contributed by atoms with Crippen LogP contribution in [0.1, 0.15) is 53.9 Å². The lowest BCUT2D eigenvalue weighted by Gasteiger charge is -2.39. The molecule has 100 valence electrons. The van der Waals surface area contributed by atoms with Gasteiger partial charge < -0.3 is 10.2 Å². The molecule has 1 rings (SSSR count). The molecule has 1 heterocycles. The van der Waals surface area contributed by atoms with E-state index in [9.17, 15) is 4.79 Å². The molecule has 0 unspecified atom stereocenters. The summed E-state index contributed by atoms with van der Waals surface area (Å²) in [6, 6.07) is 0. The molecule has 1 aliphatic rings. The van der Waals surface area contributed by atoms with Gasteiger partial charge in [0.1, 0.15) is 0 Å². The van der Waals surface area contributed by atoms with Crippen molar-refractivity contribution in [3.05, 3.63) is 0 Å². The van der Waals surface area contributed by atoms with E-state index in [0.717, 1.165) is 26.1 Å². The number of nitrogens with zero attached hydrogens (tertiary/aromatic N) is 1. The minimum absolute atomic E-state index is 0.0708. The third-order valence-electron chi connectivity index (χ3n) is 3.66. The van der Waals surface area contributed by atoms with Crippen molar-refractivity contribution in [1.82, 2.24) is 10.2 Å². The van der Waals surface area contributed by atoms with E-state index >= 15 is 0 Å². The van der Waals surface area contributed by atoms with Gasteiger partial charge in [-0.15, -0.1) is 0 Å². The third kappa shape index (κ3) is 3.44. The normalized spacial score (nSPS) is 23.6. The van der Waals surface area contributed by atoms with Crippen LogP contribution >= 0.6 is 0 Å². The van der Waals surface area contributed by atoms with E-state index in [1.54, 1.807) is 0 Å². The number of carbonyl (C=O) groups excluding carboxylic acids is 1. The number of hydrogen-bond donors (Lipinski definition) is 1. The topological polar surface area (TPSA) is 32.3 Å². The van der Waals surface area contributed by atoms with E-state index < -0.39 is 0 Å². The lowest BCUT2D eigenvalue weighted by atomic mass is 9.90. The summed E-state index contributed by atoms with van der Waals surface area (Å²) in [4.78, 5) is 14.6. The Morgan fingerprint density at radius 1 is 1.18 bits per heavy atom. The van der Waals surface area contributed by atoms with Gasteiger partial charge in [0.15, 0.2) is 0 Å². The highest BCUT2D eigenvalue weighted by atomic mass is 16.2. The molecule has 0 saturated carbocycles. The first-order valence-corrected chi connectivity index (χ1v) is 6.84. The molecule has 0 aromatic carbocycles. The van der Waals surface area contributed by atoms with E-state index in [1.165, 1.54) is 12.8 Å². The number of nitrogens with one attached hydrogen (secondary N) is 1. The average Bonchev–Trinajstić information content (AvgIpc) is 2.28. The van der Waals surface area contributed by atoms with Gasteiger partial charge in [-0.3, -0.25) is 4.79 Å². The zero-order valence-electron chi connectivity index (χ0n) is 12.1. The van der Waals surface area contributed by atoms with Gasteiger partial charge in [-0.1, -0.05) is 19.8 Å². The predicted molar refractivity (Wildman–Crippen MR) is 72.0 cm³/mol. The van der Waals surface area contributed by atoms with Crippen LogP contribution in [0.4, 0.5) is 0 Å². The van der Waals surface area contributed by atoms with Crippen molar-refractivity contribution in [1.29, 1.82) is 0 Å². The lowest BCUT2D eigenvalue weighted by molar-refractivity contribution is -0.143. The van der Waals surface area contributed by atoms with Crippen LogP contribution in [0.15, 0.2) is 0 Å². The van der Waals surface area contributed by atoms with Gasteiger partial charge in [-0.25, -0.2) is 0 Å². The van der Waals surface area contributed by atoms with E-state index in [1.807, 2.05) is 13.8 Å². The molecule has 0 aromatic heterocycles. The summed E-state index contributed by atoms with van der Waals surface area (Å²) in [7, 11) is 0. The summed E-state index contributed by atoms with van der Waals surface area (Å²) in [5.74, 6) is 0.295. The second-order valence-electron chi connectivity index (χ2n) is 6.46. The highest BCUT2D eigenvalue weighted by Gasteiger charge is 2.41. The lowest BCUT2D eigenvalue weighted by Crippen LogP contribution is -2.53. The van der Waals surface area contributed by atoms with Crippen molar-refractivity contribution in [2.24, 2.45) is 5.41 Å². The molecule has 1 amide bonds. The monoisotopic (exact) mass is 240 g/mol. The van der Waals surface area contributed by atoms with Crippen LogP contribution in [-0.2, 0) is 4.79 Å². The van der Waals surface area contributed by atoms with Crippen molar-refractivity contribution in [2.75, 3.05) is 19.6 Å². The molecular formula is C14H28N2O. The highest BCUT2D eigenvalue weighted by molar-refractivity contribution is 5.83. The molecule has 0 aliphatic carbocycles. The van der Waals surface area contributed by atoms with Crippen LogP contribution in [0.2, 0.25) is 0 Å². The molecule has 0 atom stereocenters. The summed E-state index contributed by atoms with van der Waals surface area (Å²) in [5, 5.41) is 3.42. The van der Waals surface area contributed by atoms with Gasteiger partial charge in [-0.05, 0) is 34.1 Å². The SMILES string of the molecule is CCCCCN1C(=O)C(C)(C)CNCC1(C)C. The quantitative estimate of drug-likeness (QED) is 0.765. The summed E-state index contributed by atoms with van der Waals surface area (Å²) in [6.45, 7) is 13.1.